The van der Waals surface area contributed by atoms with Crippen LogP contribution in [0.4, 0.5) is 0 Å². The molecule has 2 aliphatic rings. The maximum absolute atomic E-state index is 12.7. The van der Waals surface area contributed by atoms with Crippen LogP contribution in [0.2, 0.25) is 5.15 Å². The smallest absolute Gasteiger partial charge is 0.227 e. The normalized spacial score (nSPS) is 22.8. The van der Waals surface area contributed by atoms with Crippen molar-refractivity contribution in [3.05, 3.63) is 29.0 Å². The lowest BCUT2D eigenvalue weighted by Crippen LogP contribution is -2.49. The Morgan fingerprint density at radius 3 is 2.72 bits per heavy atom. The van der Waals surface area contributed by atoms with Crippen molar-refractivity contribution in [2.45, 2.75) is 18.6 Å². The van der Waals surface area contributed by atoms with Crippen molar-refractivity contribution < 1.29 is 17.9 Å². The molecule has 1 atom stereocenters. The van der Waals surface area contributed by atoms with Crippen LogP contribution in [0.5, 0.6) is 0 Å². The Bertz CT molecular complexity index is 705. The van der Waals surface area contributed by atoms with Gasteiger partial charge in [0.2, 0.25) is 15.9 Å². The van der Waals surface area contributed by atoms with E-state index < -0.39 is 10.0 Å². The Kier molecular flexibility index (Phi) is 5.93. The van der Waals surface area contributed by atoms with Gasteiger partial charge in [-0.3, -0.25) is 4.79 Å². The molecule has 0 unspecified atom stereocenters. The van der Waals surface area contributed by atoms with E-state index in [9.17, 15) is 13.2 Å². The van der Waals surface area contributed by atoms with E-state index in [0.717, 1.165) is 6.42 Å². The van der Waals surface area contributed by atoms with Gasteiger partial charge in [-0.1, -0.05) is 17.7 Å². The third kappa shape index (κ3) is 4.69. The molecular formula is C16H22ClN3O4S. The molecule has 0 aliphatic carbocycles. The number of ether oxygens (including phenoxy) is 1. The average Bonchev–Trinajstić information content (AvgIpc) is 2.64. The second kappa shape index (κ2) is 7.99. The maximum atomic E-state index is 12.7. The van der Waals surface area contributed by atoms with Crippen molar-refractivity contribution in [3.8, 4) is 0 Å². The van der Waals surface area contributed by atoms with E-state index >= 15 is 0 Å². The summed E-state index contributed by atoms with van der Waals surface area (Å²) < 4.78 is 32.1. The van der Waals surface area contributed by atoms with Crippen LogP contribution in [0.15, 0.2) is 18.3 Å². The van der Waals surface area contributed by atoms with Crippen LogP contribution in [-0.2, 0) is 25.3 Å². The van der Waals surface area contributed by atoms with Gasteiger partial charge in [0.1, 0.15) is 5.15 Å². The molecule has 7 nitrogen and oxygen atoms in total. The summed E-state index contributed by atoms with van der Waals surface area (Å²) in [7, 11) is -3.49. The van der Waals surface area contributed by atoms with Gasteiger partial charge in [0.05, 0.1) is 24.9 Å². The van der Waals surface area contributed by atoms with Gasteiger partial charge >= 0.3 is 0 Å². The lowest BCUT2D eigenvalue weighted by molar-refractivity contribution is -0.140. The number of piperidine rings is 1. The van der Waals surface area contributed by atoms with Gasteiger partial charge in [0, 0.05) is 32.4 Å². The fraction of sp³-hybridized carbons (Fsp3) is 0.625. The third-order valence-electron chi connectivity index (χ3n) is 4.59. The minimum Gasteiger partial charge on any atom is -0.378 e. The highest BCUT2D eigenvalue weighted by Gasteiger charge is 2.34. The number of halogens is 1. The molecule has 2 saturated heterocycles. The lowest BCUT2D eigenvalue weighted by Gasteiger charge is -2.35. The molecule has 0 N–H and O–H groups in total. The highest BCUT2D eigenvalue weighted by atomic mass is 35.5. The van der Waals surface area contributed by atoms with Gasteiger partial charge < -0.3 is 9.64 Å². The molecule has 0 saturated carbocycles. The van der Waals surface area contributed by atoms with Crippen LogP contribution >= 0.6 is 11.6 Å². The quantitative estimate of drug-likeness (QED) is 0.724. The van der Waals surface area contributed by atoms with E-state index in [-0.39, 0.29) is 24.1 Å². The second-order valence-corrected chi connectivity index (χ2v) is 8.74. The predicted molar refractivity (Wildman–Crippen MR) is 93.6 cm³/mol. The molecule has 25 heavy (non-hydrogen) atoms. The Hall–Kier alpha value is -1.22. The Balaban J connectivity index is 1.65. The molecule has 2 aliphatic heterocycles. The standard InChI is InChI=1S/C16H22ClN3O4S/c17-15-4-3-13(10-18-15)12-25(22,23)20-5-1-2-14(11-20)16(21)19-6-8-24-9-7-19/h3-4,10,14H,1-2,5-9,11-12H2/t14-/m1/s1. The van der Waals surface area contributed by atoms with E-state index in [1.54, 1.807) is 17.0 Å². The molecule has 3 rings (SSSR count). The summed E-state index contributed by atoms with van der Waals surface area (Å²) >= 11 is 5.74. The number of carbonyl (C=O) groups is 1. The fourth-order valence-corrected chi connectivity index (χ4v) is 4.93. The maximum Gasteiger partial charge on any atom is 0.227 e. The van der Waals surface area contributed by atoms with E-state index in [1.807, 2.05) is 0 Å². The van der Waals surface area contributed by atoms with Gasteiger partial charge in [-0.05, 0) is 24.5 Å². The van der Waals surface area contributed by atoms with Crippen LogP contribution < -0.4 is 0 Å². The minimum atomic E-state index is -3.49. The van der Waals surface area contributed by atoms with Crippen LogP contribution in [0.3, 0.4) is 0 Å². The summed E-state index contributed by atoms with van der Waals surface area (Å²) in [6.07, 6.45) is 2.89. The topological polar surface area (TPSA) is 79.8 Å². The highest BCUT2D eigenvalue weighted by Crippen LogP contribution is 2.23. The molecule has 3 heterocycles. The molecule has 0 radical (unpaired) electrons. The number of morpholine rings is 1. The fourth-order valence-electron chi connectivity index (χ4n) is 3.23. The molecule has 0 bridgehead atoms. The molecule has 1 aromatic heterocycles. The van der Waals surface area contributed by atoms with Crippen molar-refractivity contribution in [3.63, 3.8) is 0 Å². The third-order valence-corrected chi connectivity index (χ3v) is 6.63. The number of hydrogen-bond donors (Lipinski definition) is 0. The SMILES string of the molecule is O=C([C@@H]1CCCN(S(=O)(=O)Cc2ccc(Cl)nc2)C1)N1CCOCC1. The first-order valence-corrected chi connectivity index (χ1v) is 10.4. The van der Waals surface area contributed by atoms with E-state index in [1.165, 1.54) is 10.5 Å². The van der Waals surface area contributed by atoms with Crippen molar-refractivity contribution >= 4 is 27.5 Å². The molecule has 1 aromatic rings. The first-order valence-electron chi connectivity index (χ1n) is 8.40. The highest BCUT2D eigenvalue weighted by molar-refractivity contribution is 7.88. The molecule has 1 amide bonds. The Labute approximate surface area is 153 Å². The minimum absolute atomic E-state index is 0.0383. The van der Waals surface area contributed by atoms with Gasteiger partial charge in [-0.25, -0.2) is 17.7 Å². The van der Waals surface area contributed by atoms with Crippen LogP contribution in [0.1, 0.15) is 18.4 Å². The van der Waals surface area contributed by atoms with Gasteiger partial charge in [-0.15, -0.1) is 0 Å². The molecule has 9 heteroatoms. The zero-order valence-electron chi connectivity index (χ0n) is 13.9. The number of sulfonamides is 1. The average molecular weight is 388 g/mol. The summed E-state index contributed by atoms with van der Waals surface area (Å²) in [5.41, 5.74) is 0.589. The number of nitrogens with zero attached hydrogens (tertiary/aromatic N) is 3. The second-order valence-electron chi connectivity index (χ2n) is 6.38. The van der Waals surface area contributed by atoms with Gasteiger partial charge in [0.15, 0.2) is 0 Å². The molecule has 2 fully saturated rings. The number of hydrogen-bond acceptors (Lipinski definition) is 5. The van der Waals surface area contributed by atoms with Crippen LogP contribution in [-0.4, -0.2) is 67.9 Å². The van der Waals surface area contributed by atoms with Gasteiger partial charge in [0.25, 0.3) is 0 Å². The van der Waals surface area contributed by atoms with E-state index in [0.29, 0.717) is 50.0 Å². The summed E-state index contributed by atoms with van der Waals surface area (Å²) in [6, 6.07) is 3.24. The molecule has 0 spiro atoms. The van der Waals surface area contributed by atoms with Crippen molar-refractivity contribution in [1.29, 1.82) is 0 Å². The molecule has 138 valence electrons. The van der Waals surface area contributed by atoms with Crippen molar-refractivity contribution in [2.24, 2.45) is 5.92 Å². The van der Waals surface area contributed by atoms with Crippen LogP contribution in [0.25, 0.3) is 0 Å². The summed E-state index contributed by atoms with van der Waals surface area (Å²) in [4.78, 5) is 18.4. The number of amides is 1. The first-order chi connectivity index (χ1) is 12.0. The zero-order valence-corrected chi connectivity index (χ0v) is 15.5. The Morgan fingerprint density at radius 1 is 1.28 bits per heavy atom. The van der Waals surface area contributed by atoms with Crippen molar-refractivity contribution in [1.82, 2.24) is 14.2 Å². The molecular weight excluding hydrogens is 366 g/mol. The predicted octanol–water partition coefficient (Wildman–Crippen LogP) is 1.14. The summed E-state index contributed by atoms with van der Waals surface area (Å²) in [5.74, 6) is -0.364. The largest absolute Gasteiger partial charge is 0.378 e. The number of aromatic nitrogens is 1. The first kappa shape index (κ1) is 18.6. The van der Waals surface area contributed by atoms with Crippen LogP contribution in [0, 0.1) is 5.92 Å². The number of carbonyl (C=O) groups excluding carboxylic acids is 1. The number of pyridine rings is 1. The summed E-state index contributed by atoms with van der Waals surface area (Å²) in [6.45, 7) is 2.96. The number of rotatable bonds is 4. The zero-order chi connectivity index (χ0) is 17.9. The Morgan fingerprint density at radius 2 is 2.04 bits per heavy atom. The van der Waals surface area contributed by atoms with Gasteiger partial charge in [-0.2, -0.15) is 0 Å². The lowest BCUT2D eigenvalue weighted by atomic mass is 9.98. The van der Waals surface area contributed by atoms with E-state index in [4.69, 9.17) is 16.3 Å². The summed E-state index contributed by atoms with van der Waals surface area (Å²) in [5, 5.41) is 0.329. The molecule has 0 aromatic carbocycles. The van der Waals surface area contributed by atoms with Crippen molar-refractivity contribution in [2.75, 3.05) is 39.4 Å². The van der Waals surface area contributed by atoms with E-state index in [2.05, 4.69) is 4.98 Å². The monoisotopic (exact) mass is 387 g/mol.